The van der Waals surface area contributed by atoms with Gasteiger partial charge in [0.15, 0.2) is 0 Å². The largest absolute Gasteiger partial charge is 0.458 e. The van der Waals surface area contributed by atoms with Crippen molar-refractivity contribution in [2.24, 2.45) is 0 Å². The fourth-order valence-electron chi connectivity index (χ4n) is 3.55. The van der Waals surface area contributed by atoms with E-state index in [9.17, 15) is 27.0 Å². The number of nitrogens with zero attached hydrogens (tertiary/aromatic N) is 1. The average Bonchev–Trinajstić information content (AvgIpc) is 2.80. The summed E-state index contributed by atoms with van der Waals surface area (Å²) in [5.41, 5.74) is -2.06. The predicted octanol–water partition coefficient (Wildman–Crippen LogP) is 6.58. The molecule has 0 saturated heterocycles. The number of hydrogen-bond acceptors (Lipinski definition) is 8. The first-order chi connectivity index (χ1) is 18.7. The van der Waals surface area contributed by atoms with Gasteiger partial charge in [0.2, 0.25) is 0 Å². The van der Waals surface area contributed by atoms with E-state index in [1.807, 2.05) is 0 Å². The van der Waals surface area contributed by atoms with Crippen molar-refractivity contribution < 1.29 is 41.2 Å². The van der Waals surface area contributed by atoms with Gasteiger partial charge in [0.05, 0.1) is 17.8 Å². The first kappa shape index (κ1) is 33.9. The van der Waals surface area contributed by atoms with E-state index in [2.05, 4.69) is 10.3 Å². The zero-order valence-electron chi connectivity index (χ0n) is 24.0. The average molecular weight is 602 g/mol. The summed E-state index contributed by atoms with van der Waals surface area (Å²) < 4.78 is 79.1. The Labute approximate surface area is 239 Å². The van der Waals surface area contributed by atoms with Crippen molar-refractivity contribution in [1.82, 2.24) is 10.3 Å². The molecule has 0 bridgehead atoms. The van der Waals surface area contributed by atoms with Gasteiger partial charge in [0.25, 0.3) is 0 Å². The number of amides is 1. The number of carbonyl (C=O) groups is 2. The Balaban J connectivity index is 2.10. The molecule has 0 radical (unpaired) electrons. The molecule has 1 heterocycles. The molecule has 1 aromatic heterocycles. The Morgan fingerprint density at radius 3 is 2.00 bits per heavy atom. The van der Waals surface area contributed by atoms with E-state index in [0.29, 0.717) is 5.75 Å². The maximum absolute atomic E-state index is 13.9. The third kappa shape index (κ3) is 12.8. The number of rotatable bonds is 11. The molecule has 2 aromatic rings. The van der Waals surface area contributed by atoms with Crippen LogP contribution < -0.4 is 10.1 Å². The Bertz CT molecular complexity index is 1260. The van der Waals surface area contributed by atoms with Crippen LogP contribution in [0.2, 0.25) is 0 Å². The second-order valence-corrected chi connectivity index (χ2v) is 13.9. The third-order valence-corrected chi connectivity index (χ3v) is 7.14. The Morgan fingerprint density at radius 2 is 1.49 bits per heavy atom. The molecule has 41 heavy (non-hydrogen) atoms. The lowest BCUT2D eigenvalue weighted by Gasteiger charge is -2.26. The van der Waals surface area contributed by atoms with Crippen molar-refractivity contribution in [3.05, 3.63) is 54.4 Å². The first-order valence-corrected chi connectivity index (χ1v) is 14.9. The van der Waals surface area contributed by atoms with Gasteiger partial charge in [-0.2, -0.15) is 13.2 Å². The maximum Gasteiger partial charge on any atom is 0.408 e. The van der Waals surface area contributed by atoms with Crippen LogP contribution in [0, 0.1) is 4.78 Å². The smallest absolute Gasteiger partial charge is 0.408 e. The van der Waals surface area contributed by atoms with Crippen molar-refractivity contribution in [3.8, 4) is 11.5 Å². The van der Waals surface area contributed by atoms with E-state index < -0.39 is 69.1 Å². The van der Waals surface area contributed by atoms with Gasteiger partial charge in [-0.1, -0.05) is 18.2 Å². The summed E-state index contributed by atoms with van der Waals surface area (Å²) in [6.45, 7) is 9.74. The number of esters is 1. The van der Waals surface area contributed by atoms with Crippen LogP contribution in [0.4, 0.5) is 18.0 Å². The maximum atomic E-state index is 13.9. The van der Waals surface area contributed by atoms with Gasteiger partial charge in [0, 0.05) is 21.2 Å². The summed E-state index contributed by atoms with van der Waals surface area (Å²) in [5.74, 6) is -3.22. The van der Waals surface area contributed by atoms with Gasteiger partial charge in [-0.05, 0) is 78.6 Å². The normalized spacial score (nSPS) is 15.2. The van der Waals surface area contributed by atoms with Crippen LogP contribution in [0.25, 0.3) is 0 Å². The number of para-hydroxylation sites is 1. The van der Waals surface area contributed by atoms with Gasteiger partial charge in [-0.15, -0.1) is 0 Å². The summed E-state index contributed by atoms with van der Waals surface area (Å²) in [5, 5.41) is 2.36. The molecule has 2 N–H and O–H groups in total. The monoisotopic (exact) mass is 601 g/mol. The molecule has 2 unspecified atom stereocenters. The van der Waals surface area contributed by atoms with E-state index in [1.54, 1.807) is 71.9 Å². The van der Waals surface area contributed by atoms with Crippen molar-refractivity contribution in [3.63, 3.8) is 0 Å². The Hall–Kier alpha value is -3.35. The second kappa shape index (κ2) is 13.5. The molecule has 228 valence electrons. The number of carbonyl (C=O) groups excluding carboxylic acids is 2. The van der Waals surface area contributed by atoms with E-state index in [0.717, 1.165) is 0 Å². The lowest BCUT2D eigenvalue weighted by atomic mass is 10.0. The topological polar surface area (TPSA) is 128 Å². The standard InChI is InChI=1S/C28H38F3N3O6S/c1-26(2,3)39-24(35)23(34-25(36)40-27(4,5)6)15-17-41(32,37)16-14-21(28(29,30)31)22-13-12-20(18-33-22)38-19-10-8-7-9-11-19/h7-13,18,21,23,32H,14-17H2,1-6H3,(H,34,36)/t21?,23-,41?/m0/s1. The van der Waals surface area contributed by atoms with Crippen molar-refractivity contribution >= 4 is 21.8 Å². The number of aromatic nitrogens is 1. The molecule has 1 amide bonds. The minimum absolute atomic E-state index is 0.246. The highest BCUT2D eigenvalue weighted by Crippen LogP contribution is 2.37. The number of halogens is 3. The predicted molar refractivity (Wildman–Crippen MR) is 148 cm³/mol. The number of benzene rings is 1. The summed E-state index contributed by atoms with van der Waals surface area (Å²) in [4.78, 5) is 28.9. The minimum Gasteiger partial charge on any atom is -0.458 e. The number of pyridine rings is 1. The van der Waals surface area contributed by atoms with Crippen LogP contribution in [0.3, 0.4) is 0 Å². The van der Waals surface area contributed by atoms with Gasteiger partial charge < -0.3 is 19.5 Å². The molecule has 1 aromatic carbocycles. The summed E-state index contributed by atoms with van der Waals surface area (Å²) in [6.07, 6.45) is -5.41. The molecule has 3 atom stereocenters. The number of ether oxygens (including phenoxy) is 3. The number of alkyl carbamates (subject to hydrolysis) is 1. The van der Waals surface area contributed by atoms with E-state index >= 15 is 0 Å². The van der Waals surface area contributed by atoms with E-state index in [4.69, 9.17) is 19.0 Å². The molecule has 0 aliphatic carbocycles. The molecule has 13 heteroatoms. The zero-order valence-corrected chi connectivity index (χ0v) is 24.9. The summed E-state index contributed by atoms with van der Waals surface area (Å²) >= 11 is 0. The minimum atomic E-state index is -4.71. The molecule has 9 nitrogen and oxygen atoms in total. The second-order valence-electron chi connectivity index (χ2n) is 11.5. The van der Waals surface area contributed by atoms with Gasteiger partial charge >= 0.3 is 18.2 Å². The molecule has 2 rings (SSSR count). The number of hydrogen-bond donors (Lipinski definition) is 2. The lowest BCUT2D eigenvalue weighted by Crippen LogP contribution is -2.46. The number of nitrogens with one attached hydrogen (secondary N) is 2. The fraction of sp³-hybridized carbons (Fsp3) is 0.536. The van der Waals surface area contributed by atoms with Crippen molar-refractivity contribution in [1.29, 1.82) is 4.78 Å². The molecular formula is C28H38F3N3O6S. The zero-order chi connectivity index (χ0) is 31.1. The Morgan fingerprint density at radius 1 is 0.902 bits per heavy atom. The highest BCUT2D eigenvalue weighted by Gasteiger charge is 2.42. The highest BCUT2D eigenvalue weighted by atomic mass is 32.2. The van der Waals surface area contributed by atoms with Crippen LogP contribution in [-0.4, -0.2) is 56.2 Å². The molecular weight excluding hydrogens is 563 g/mol. The quantitative estimate of drug-likeness (QED) is 0.279. The van der Waals surface area contributed by atoms with E-state index in [-0.39, 0.29) is 17.9 Å². The Kier molecular flexibility index (Phi) is 11.2. The van der Waals surface area contributed by atoms with Crippen LogP contribution in [-0.2, 0) is 24.0 Å². The summed E-state index contributed by atoms with van der Waals surface area (Å²) in [6, 6.07) is 9.90. The summed E-state index contributed by atoms with van der Waals surface area (Å²) in [7, 11) is -3.59. The lowest BCUT2D eigenvalue weighted by molar-refractivity contribution is -0.157. The number of alkyl halides is 3. The SMILES string of the molecule is CC(C)(C)OC(=O)N[C@@H](CCS(=N)(=O)CCC(c1ccc(Oc2ccccc2)cn1)C(F)(F)F)C(=O)OC(C)(C)C. The van der Waals surface area contributed by atoms with Gasteiger partial charge in [-0.25, -0.2) is 13.8 Å². The molecule has 0 spiro atoms. The van der Waals surface area contributed by atoms with Crippen LogP contribution >= 0.6 is 0 Å². The van der Waals surface area contributed by atoms with Crippen LogP contribution in [0.5, 0.6) is 11.5 Å². The van der Waals surface area contributed by atoms with Crippen molar-refractivity contribution in [2.75, 3.05) is 11.5 Å². The van der Waals surface area contributed by atoms with Crippen LogP contribution in [0.15, 0.2) is 48.7 Å². The van der Waals surface area contributed by atoms with Gasteiger partial charge in [0.1, 0.15) is 28.7 Å². The van der Waals surface area contributed by atoms with Gasteiger partial charge in [-0.3, -0.25) is 9.76 Å². The van der Waals surface area contributed by atoms with Crippen molar-refractivity contribution in [2.45, 2.75) is 83.7 Å². The third-order valence-electron chi connectivity index (χ3n) is 5.35. The molecule has 0 aliphatic rings. The molecule has 0 aliphatic heterocycles. The van der Waals surface area contributed by atoms with Crippen LogP contribution in [0.1, 0.15) is 66.0 Å². The first-order valence-electron chi connectivity index (χ1n) is 13.0. The van der Waals surface area contributed by atoms with E-state index in [1.165, 1.54) is 18.3 Å². The fourth-order valence-corrected chi connectivity index (χ4v) is 4.99. The highest BCUT2D eigenvalue weighted by molar-refractivity contribution is 7.92. The molecule has 0 saturated carbocycles. The molecule has 0 fully saturated rings.